The summed E-state index contributed by atoms with van der Waals surface area (Å²) < 4.78 is 12.2. The highest BCUT2D eigenvalue weighted by atomic mass is 16.5. The molecule has 8 nitrogen and oxygen atoms in total. The zero-order valence-corrected chi connectivity index (χ0v) is 18.9. The molecular weight excluding hydrogens is 410 g/mol. The third-order valence-corrected chi connectivity index (χ3v) is 6.72. The van der Waals surface area contributed by atoms with Gasteiger partial charge >= 0.3 is 0 Å². The summed E-state index contributed by atoms with van der Waals surface area (Å²) in [5.41, 5.74) is 0.980. The van der Waals surface area contributed by atoms with E-state index in [-0.39, 0.29) is 36.0 Å². The molecule has 0 aromatic heterocycles. The second-order valence-electron chi connectivity index (χ2n) is 9.17. The van der Waals surface area contributed by atoms with Gasteiger partial charge < -0.3 is 25.0 Å². The Morgan fingerprint density at radius 3 is 2.66 bits per heavy atom. The van der Waals surface area contributed by atoms with Crippen LogP contribution in [-0.2, 0) is 14.3 Å². The van der Waals surface area contributed by atoms with Crippen LogP contribution in [0.5, 0.6) is 5.75 Å². The third kappa shape index (κ3) is 5.23. The first-order valence-electron chi connectivity index (χ1n) is 11.7. The first kappa shape index (κ1) is 22.6. The molecule has 2 N–H and O–H groups in total. The van der Waals surface area contributed by atoms with Crippen molar-refractivity contribution in [3.63, 3.8) is 0 Å². The Morgan fingerprint density at radius 1 is 1.12 bits per heavy atom. The van der Waals surface area contributed by atoms with E-state index >= 15 is 0 Å². The van der Waals surface area contributed by atoms with Crippen molar-refractivity contribution in [2.24, 2.45) is 0 Å². The van der Waals surface area contributed by atoms with Crippen molar-refractivity contribution in [1.29, 1.82) is 0 Å². The summed E-state index contributed by atoms with van der Waals surface area (Å²) in [6.07, 6.45) is 7.08. The second-order valence-corrected chi connectivity index (χ2v) is 9.17. The van der Waals surface area contributed by atoms with Crippen molar-refractivity contribution in [3.05, 3.63) is 23.8 Å². The lowest BCUT2D eigenvalue weighted by Gasteiger charge is -2.42. The molecule has 174 valence electrons. The van der Waals surface area contributed by atoms with E-state index in [1.165, 1.54) is 26.2 Å². The number of carbonyl (C=O) groups excluding carboxylic acids is 3. The molecule has 4 rings (SSSR count). The maximum atomic E-state index is 13.2. The molecule has 3 aliphatic rings. The number of likely N-dealkylation sites (N-methyl/N-ethyl adjacent to an activating group) is 1. The van der Waals surface area contributed by atoms with Gasteiger partial charge in [-0.05, 0) is 43.9 Å². The minimum Gasteiger partial charge on any atom is -0.490 e. The van der Waals surface area contributed by atoms with E-state index in [1.54, 1.807) is 30.1 Å². The summed E-state index contributed by atoms with van der Waals surface area (Å²) >= 11 is 0. The summed E-state index contributed by atoms with van der Waals surface area (Å²) in [5, 5.41) is 5.87. The van der Waals surface area contributed by atoms with Gasteiger partial charge in [-0.3, -0.25) is 14.4 Å². The van der Waals surface area contributed by atoms with E-state index in [0.717, 1.165) is 25.7 Å². The number of rotatable bonds is 4. The maximum Gasteiger partial charge on any atom is 0.257 e. The number of ether oxygens (including phenoxy) is 2. The van der Waals surface area contributed by atoms with Crippen molar-refractivity contribution in [2.75, 3.05) is 19.0 Å². The number of nitrogens with one attached hydrogen (secondary N) is 2. The quantitative estimate of drug-likeness (QED) is 0.746. The van der Waals surface area contributed by atoms with E-state index in [9.17, 15) is 14.4 Å². The molecule has 8 heteroatoms. The van der Waals surface area contributed by atoms with Crippen LogP contribution in [0.25, 0.3) is 0 Å². The summed E-state index contributed by atoms with van der Waals surface area (Å²) in [6, 6.07) is 5.23. The molecule has 32 heavy (non-hydrogen) atoms. The number of carbonyl (C=O) groups is 3. The molecule has 1 saturated heterocycles. The molecule has 0 radical (unpaired) electrons. The van der Waals surface area contributed by atoms with Gasteiger partial charge in [-0.25, -0.2) is 0 Å². The standard InChI is InChI=1S/C24H33N3O5/c1-15(28)25-17-8-11-21-19(12-17)24(30)27(2)20-10-9-18(32-22(20)14-31-21)13-23(29)26-16-6-4-3-5-7-16/h8,11-12,16,18,20,22H,3-7,9-10,13-14H2,1-2H3,(H,25,28)(H,26,29)/t18-,20+,22-/m1/s1. The fourth-order valence-corrected chi connectivity index (χ4v) is 5.05. The molecule has 2 fully saturated rings. The van der Waals surface area contributed by atoms with E-state index < -0.39 is 0 Å². The van der Waals surface area contributed by atoms with Crippen LogP contribution in [0.4, 0.5) is 5.69 Å². The highest BCUT2D eigenvalue weighted by molar-refractivity contribution is 5.99. The lowest BCUT2D eigenvalue weighted by molar-refractivity contribution is -0.134. The highest BCUT2D eigenvalue weighted by Gasteiger charge is 2.39. The number of anilines is 1. The van der Waals surface area contributed by atoms with Crippen molar-refractivity contribution in [1.82, 2.24) is 10.2 Å². The monoisotopic (exact) mass is 443 g/mol. The topological polar surface area (TPSA) is 97.0 Å². The zero-order valence-electron chi connectivity index (χ0n) is 18.9. The normalized spacial score (nSPS) is 26.1. The van der Waals surface area contributed by atoms with E-state index in [0.29, 0.717) is 36.1 Å². The summed E-state index contributed by atoms with van der Waals surface area (Å²) in [6.45, 7) is 1.73. The Balaban J connectivity index is 1.40. The lowest BCUT2D eigenvalue weighted by atomic mass is 9.93. The van der Waals surface area contributed by atoms with E-state index in [2.05, 4.69) is 10.6 Å². The van der Waals surface area contributed by atoms with E-state index in [1.807, 2.05) is 0 Å². The molecule has 1 aromatic rings. The Kier molecular flexibility index (Phi) is 6.98. The van der Waals surface area contributed by atoms with Crippen molar-refractivity contribution in [2.45, 2.75) is 82.6 Å². The molecule has 1 aromatic carbocycles. The van der Waals surface area contributed by atoms with Crippen LogP contribution in [0.1, 0.15) is 68.6 Å². The molecule has 0 spiro atoms. The molecule has 2 heterocycles. The van der Waals surface area contributed by atoms with Crippen LogP contribution in [0.3, 0.4) is 0 Å². The number of hydrogen-bond donors (Lipinski definition) is 2. The number of benzene rings is 1. The smallest absolute Gasteiger partial charge is 0.257 e. The average Bonchev–Trinajstić information content (AvgIpc) is 2.77. The Bertz CT molecular complexity index is 867. The number of fused-ring (bicyclic) bond motifs is 2. The molecule has 1 saturated carbocycles. The minimum atomic E-state index is -0.298. The molecule has 3 amide bonds. The Hall–Kier alpha value is -2.61. The van der Waals surface area contributed by atoms with Crippen LogP contribution in [0, 0.1) is 0 Å². The SMILES string of the molecule is CC(=O)Nc1ccc2c(c1)C(=O)N(C)[C@H]1CC[C@H](CC(=O)NC3CCCCC3)O[C@@H]1CO2. The summed E-state index contributed by atoms with van der Waals surface area (Å²) in [4.78, 5) is 38.8. The van der Waals surface area contributed by atoms with E-state index in [4.69, 9.17) is 9.47 Å². The number of amides is 3. The zero-order chi connectivity index (χ0) is 22.7. The van der Waals surface area contributed by atoms with Crippen LogP contribution < -0.4 is 15.4 Å². The van der Waals surface area contributed by atoms with Gasteiger partial charge in [0.2, 0.25) is 11.8 Å². The summed E-state index contributed by atoms with van der Waals surface area (Å²) in [5.74, 6) is 0.151. The van der Waals surface area contributed by atoms with Crippen LogP contribution in [0.15, 0.2) is 18.2 Å². The van der Waals surface area contributed by atoms with Gasteiger partial charge in [0.05, 0.1) is 24.1 Å². The van der Waals surface area contributed by atoms with Gasteiger partial charge in [-0.2, -0.15) is 0 Å². The molecule has 3 atom stereocenters. The van der Waals surface area contributed by atoms with Crippen LogP contribution >= 0.6 is 0 Å². The molecule has 0 unspecified atom stereocenters. The van der Waals surface area contributed by atoms with Crippen molar-refractivity contribution in [3.8, 4) is 5.75 Å². The molecule has 2 aliphatic heterocycles. The fourth-order valence-electron chi connectivity index (χ4n) is 5.05. The van der Waals surface area contributed by atoms with Gasteiger partial charge in [-0.15, -0.1) is 0 Å². The Labute approximate surface area is 189 Å². The fraction of sp³-hybridized carbons (Fsp3) is 0.625. The highest BCUT2D eigenvalue weighted by Crippen LogP contribution is 2.32. The maximum absolute atomic E-state index is 13.2. The Morgan fingerprint density at radius 2 is 1.91 bits per heavy atom. The van der Waals surface area contributed by atoms with Gasteiger partial charge in [0.15, 0.2) is 0 Å². The number of hydrogen-bond acceptors (Lipinski definition) is 5. The molecule has 0 bridgehead atoms. The average molecular weight is 444 g/mol. The lowest BCUT2D eigenvalue weighted by Crippen LogP contribution is -2.54. The van der Waals surface area contributed by atoms with Crippen molar-refractivity contribution < 1.29 is 23.9 Å². The predicted molar refractivity (Wildman–Crippen MR) is 120 cm³/mol. The van der Waals surface area contributed by atoms with Gasteiger partial charge in [-0.1, -0.05) is 19.3 Å². The third-order valence-electron chi connectivity index (χ3n) is 6.72. The van der Waals surface area contributed by atoms with Gasteiger partial charge in [0.25, 0.3) is 5.91 Å². The largest absolute Gasteiger partial charge is 0.490 e. The number of nitrogens with zero attached hydrogens (tertiary/aromatic N) is 1. The van der Waals surface area contributed by atoms with Gasteiger partial charge in [0.1, 0.15) is 18.5 Å². The second kappa shape index (κ2) is 9.90. The van der Waals surface area contributed by atoms with Crippen LogP contribution in [0.2, 0.25) is 0 Å². The van der Waals surface area contributed by atoms with Crippen molar-refractivity contribution >= 4 is 23.4 Å². The van der Waals surface area contributed by atoms with Gasteiger partial charge in [0, 0.05) is 25.7 Å². The first-order valence-corrected chi connectivity index (χ1v) is 11.7. The van der Waals surface area contributed by atoms with Crippen LogP contribution in [-0.4, -0.2) is 60.6 Å². The first-order chi connectivity index (χ1) is 15.4. The predicted octanol–water partition coefficient (Wildman–Crippen LogP) is 2.86. The summed E-state index contributed by atoms with van der Waals surface area (Å²) in [7, 11) is 1.78. The molecule has 1 aliphatic carbocycles. The minimum absolute atomic E-state index is 0.0485. The molecular formula is C24H33N3O5.